The number of carbonyl (C=O) groups excluding carboxylic acids is 2. The highest BCUT2D eigenvalue weighted by molar-refractivity contribution is 5.91. The number of esters is 1. The lowest BCUT2D eigenvalue weighted by molar-refractivity contribution is -0.164. The Morgan fingerprint density at radius 3 is 2.10 bits per heavy atom. The number of rotatable bonds is 15. The molecule has 5 nitrogen and oxygen atoms in total. The zero-order valence-electron chi connectivity index (χ0n) is 18.8. The van der Waals surface area contributed by atoms with Gasteiger partial charge in [0.15, 0.2) is 0 Å². The molecule has 29 heavy (non-hydrogen) atoms. The van der Waals surface area contributed by atoms with E-state index in [1.807, 2.05) is 0 Å². The second-order valence-corrected chi connectivity index (χ2v) is 8.55. The average molecular weight is 407 g/mol. The van der Waals surface area contributed by atoms with Gasteiger partial charge in [-0.15, -0.1) is 0 Å². The van der Waals surface area contributed by atoms with E-state index in [4.69, 9.17) is 4.74 Å². The topological polar surface area (TPSA) is 79.2 Å². The van der Waals surface area contributed by atoms with E-state index in [1.54, 1.807) is 0 Å². The summed E-state index contributed by atoms with van der Waals surface area (Å²) < 4.78 is 5.59. The second-order valence-electron chi connectivity index (χ2n) is 8.55. The number of hydrogen-bond acceptors (Lipinski definition) is 4. The first-order chi connectivity index (χ1) is 14.1. The third-order valence-electron chi connectivity index (χ3n) is 5.89. The summed E-state index contributed by atoms with van der Waals surface area (Å²) in [5.41, 5.74) is -1.68. The average Bonchev–Trinajstić information content (AvgIpc) is 2.73. The number of nitriles is 1. The molecule has 0 radical (unpaired) electrons. The highest BCUT2D eigenvalue weighted by atomic mass is 16.6. The van der Waals surface area contributed by atoms with Gasteiger partial charge in [0.05, 0.1) is 0 Å². The quantitative estimate of drug-likeness (QED) is 0.269. The van der Waals surface area contributed by atoms with E-state index in [9.17, 15) is 14.9 Å². The molecule has 0 aromatic carbocycles. The highest BCUT2D eigenvalue weighted by Crippen LogP contribution is 2.24. The van der Waals surface area contributed by atoms with Gasteiger partial charge in [-0.25, -0.2) is 0 Å². The number of nitrogens with zero attached hydrogens (tertiary/aromatic N) is 1. The highest BCUT2D eigenvalue weighted by Gasteiger charge is 2.43. The molecular weight excluding hydrogens is 364 g/mol. The van der Waals surface area contributed by atoms with Crippen molar-refractivity contribution in [1.29, 1.82) is 5.26 Å². The van der Waals surface area contributed by atoms with E-state index in [0.29, 0.717) is 0 Å². The van der Waals surface area contributed by atoms with Gasteiger partial charge in [0.1, 0.15) is 6.07 Å². The monoisotopic (exact) mass is 406 g/mol. The first-order valence-electron chi connectivity index (χ1n) is 12.0. The van der Waals surface area contributed by atoms with E-state index in [-0.39, 0.29) is 18.9 Å². The van der Waals surface area contributed by atoms with Crippen LogP contribution in [-0.2, 0) is 14.3 Å². The van der Waals surface area contributed by atoms with Crippen LogP contribution in [0.5, 0.6) is 0 Å². The van der Waals surface area contributed by atoms with Gasteiger partial charge < -0.3 is 10.1 Å². The van der Waals surface area contributed by atoms with E-state index >= 15 is 0 Å². The number of hydrogen-bond donors (Lipinski definition) is 1. The van der Waals surface area contributed by atoms with Crippen molar-refractivity contribution in [3.8, 4) is 6.07 Å². The molecule has 0 aromatic heterocycles. The molecule has 1 saturated carbocycles. The molecule has 1 unspecified atom stereocenters. The van der Waals surface area contributed by atoms with Crippen molar-refractivity contribution >= 4 is 11.9 Å². The van der Waals surface area contributed by atoms with Gasteiger partial charge in [0, 0.05) is 18.9 Å². The van der Waals surface area contributed by atoms with Crippen molar-refractivity contribution in [3.63, 3.8) is 0 Å². The van der Waals surface area contributed by atoms with Gasteiger partial charge in [-0.05, 0) is 25.7 Å². The summed E-state index contributed by atoms with van der Waals surface area (Å²) in [6.45, 7) is 4.31. The van der Waals surface area contributed by atoms with Crippen LogP contribution in [0.4, 0.5) is 0 Å². The molecule has 5 heteroatoms. The maximum atomic E-state index is 13.0. The number of carbonyl (C=O) groups is 2. The second kappa shape index (κ2) is 15.3. The van der Waals surface area contributed by atoms with Crippen LogP contribution in [0.25, 0.3) is 0 Å². The predicted octanol–water partition coefficient (Wildman–Crippen LogP) is 5.96. The summed E-state index contributed by atoms with van der Waals surface area (Å²) in [5.74, 6) is -0.836. The van der Waals surface area contributed by atoms with Crippen LogP contribution in [0, 0.1) is 11.3 Å². The minimum Gasteiger partial charge on any atom is -0.434 e. The lowest BCUT2D eigenvalue weighted by Crippen LogP contribution is -2.52. The standard InChI is InChI=1S/C24H42N2O3/c1-3-5-7-9-14-18-22(27)29-24(20-25,19-15-10-8-6-4-2)23(28)26-21-16-12-11-13-17-21/h21H,3-19H2,1-2H3,(H,26,28). The maximum Gasteiger partial charge on any atom is 0.307 e. The van der Waals surface area contributed by atoms with Crippen LogP contribution < -0.4 is 5.32 Å². The van der Waals surface area contributed by atoms with E-state index in [1.165, 1.54) is 12.8 Å². The van der Waals surface area contributed by atoms with Gasteiger partial charge in [-0.2, -0.15) is 5.26 Å². The summed E-state index contributed by atoms with van der Waals surface area (Å²) >= 11 is 0. The Morgan fingerprint density at radius 1 is 0.931 bits per heavy atom. The van der Waals surface area contributed by atoms with Gasteiger partial charge >= 0.3 is 5.97 Å². The number of unbranched alkanes of at least 4 members (excludes halogenated alkanes) is 8. The van der Waals surface area contributed by atoms with Gasteiger partial charge in [-0.1, -0.05) is 84.5 Å². The summed E-state index contributed by atoms with van der Waals surface area (Å²) in [7, 11) is 0. The SMILES string of the molecule is CCCCCCCC(=O)OC(C#N)(CCCCCCC)C(=O)NC1CCCCC1. The van der Waals surface area contributed by atoms with Gasteiger partial charge in [-0.3, -0.25) is 9.59 Å². The summed E-state index contributed by atoms with van der Waals surface area (Å²) in [6, 6.07) is 2.18. The molecule has 1 atom stereocenters. The molecule has 1 fully saturated rings. The molecule has 166 valence electrons. The van der Waals surface area contributed by atoms with E-state index in [2.05, 4.69) is 25.2 Å². The molecule has 1 rings (SSSR count). The molecule has 1 aliphatic rings. The largest absolute Gasteiger partial charge is 0.434 e. The van der Waals surface area contributed by atoms with E-state index in [0.717, 1.165) is 83.5 Å². The smallest absolute Gasteiger partial charge is 0.307 e. The van der Waals surface area contributed by atoms with Crippen molar-refractivity contribution < 1.29 is 14.3 Å². The lowest BCUT2D eigenvalue weighted by atomic mass is 9.92. The first-order valence-corrected chi connectivity index (χ1v) is 12.0. The Morgan fingerprint density at radius 2 is 1.52 bits per heavy atom. The normalized spacial score (nSPS) is 16.6. The summed E-state index contributed by atoms with van der Waals surface area (Å²) in [4.78, 5) is 25.5. The lowest BCUT2D eigenvalue weighted by Gasteiger charge is -2.30. The zero-order valence-corrected chi connectivity index (χ0v) is 18.8. The molecule has 0 bridgehead atoms. The van der Waals surface area contributed by atoms with Crippen molar-refractivity contribution in [3.05, 3.63) is 0 Å². The molecule has 0 heterocycles. The Bertz CT molecular complexity index is 509. The molecule has 0 spiro atoms. The fraction of sp³-hybridized carbons (Fsp3) is 0.875. The van der Waals surface area contributed by atoms with Crippen LogP contribution >= 0.6 is 0 Å². The molecule has 0 saturated heterocycles. The number of amides is 1. The molecule has 0 aliphatic heterocycles. The van der Waals surface area contributed by atoms with Gasteiger partial charge in [0.2, 0.25) is 0 Å². The Balaban J connectivity index is 2.67. The fourth-order valence-corrected chi connectivity index (χ4v) is 3.99. The molecule has 0 aromatic rings. The number of nitrogens with one attached hydrogen (secondary N) is 1. The number of ether oxygens (including phenoxy) is 1. The first kappa shape index (κ1) is 25.5. The summed E-state index contributed by atoms with van der Waals surface area (Å²) in [5, 5.41) is 12.9. The Labute approximate surface area is 178 Å². The third-order valence-corrected chi connectivity index (χ3v) is 5.89. The van der Waals surface area contributed by atoms with Crippen molar-refractivity contribution in [1.82, 2.24) is 5.32 Å². The van der Waals surface area contributed by atoms with Crippen molar-refractivity contribution in [2.45, 2.75) is 135 Å². The zero-order chi connectivity index (χ0) is 21.4. The Kier molecular flexibility index (Phi) is 13.4. The molecular formula is C24H42N2O3. The summed E-state index contributed by atoms with van der Waals surface area (Å²) in [6.07, 6.45) is 16.0. The van der Waals surface area contributed by atoms with Crippen LogP contribution in [0.15, 0.2) is 0 Å². The van der Waals surface area contributed by atoms with Crippen LogP contribution in [0.3, 0.4) is 0 Å². The van der Waals surface area contributed by atoms with Crippen LogP contribution in [0.2, 0.25) is 0 Å². The van der Waals surface area contributed by atoms with Crippen LogP contribution in [0.1, 0.15) is 123 Å². The maximum absolute atomic E-state index is 13.0. The minimum atomic E-state index is -1.68. The van der Waals surface area contributed by atoms with Crippen LogP contribution in [-0.4, -0.2) is 23.5 Å². The Hall–Kier alpha value is -1.57. The van der Waals surface area contributed by atoms with Crippen molar-refractivity contribution in [2.24, 2.45) is 0 Å². The molecule has 1 N–H and O–H groups in total. The van der Waals surface area contributed by atoms with Crippen molar-refractivity contribution in [2.75, 3.05) is 0 Å². The van der Waals surface area contributed by atoms with Gasteiger partial charge in [0.25, 0.3) is 11.5 Å². The predicted molar refractivity (Wildman–Crippen MR) is 116 cm³/mol. The minimum absolute atomic E-state index is 0.0943. The fourth-order valence-electron chi connectivity index (χ4n) is 3.99. The van der Waals surface area contributed by atoms with E-state index < -0.39 is 17.5 Å². The molecule has 1 amide bonds. The third kappa shape index (κ3) is 10.1. The molecule has 1 aliphatic carbocycles.